The van der Waals surface area contributed by atoms with Crippen LogP contribution in [0.2, 0.25) is 0 Å². The highest BCUT2D eigenvalue weighted by atomic mass is 32.2. The van der Waals surface area contributed by atoms with Gasteiger partial charge < -0.3 is 0 Å². The Hall–Kier alpha value is -0.680. The summed E-state index contributed by atoms with van der Waals surface area (Å²) in [5.74, 6) is 0.158. The van der Waals surface area contributed by atoms with E-state index in [4.69, 9.17) is 0 Å². The number of fused-ring (bicyclic) bond motifs is 1. The lowest BCUT2D eigenvalue weighted by molar-refractivity contribution is -0.137. The van der Waals surface area contributed by atoms with Gasteiger partial charge in [0.2, 0.25) is 0 Å². The van der Waals surface area contributed by atoms with E-state index in [9.17, 15) is 13.2 Å². The predicted octanol–water partition coefficient (Wildman–Crippen LogP) is 5.29. The summed E-state index contributed by atoms with van der Waals surface area (Å²) in [6.45, 7) is 8.31. The molecule has 0 saturated carbocycles. The molecule has 1 aromatic carbocycles. The molecule has 0 aromatic heterocycles. The van der Waals surface area contributed by atoms with Gasteiger partial charge in [-0.05, 0) is 56.4 Å². The molecule has 1 nitrogen and oxygen atoms in total. The van der Waals surface area contributed by atoms with Crippen molar-refractivity contribution in [2.75, 3.05) is 0 Å². The molecule has 112 valence electrons. The first-order valence-corrected chi connectivity index (χ1v) is 7.54. The van der Waals surface area contributed by atoms with Crippen LogP contribution in [0.5, 0.6) is 0 Å². The normalized spacial score (nSPS) is 22.9. The Morgan fingerprint density at radius 1 is 1.15 bits per heavy atom. The molecule has 0 amide bonds. The second kappa shape index (κ2) is 5.26. The van der Waals surface area contributed by atoms with Crippen LogP contribution in [0.3, 0.4) is 0 Å². The van der Waals surface area contributed by atoms with Crippen LogP contribution in [0.4, 0.5) is 13.2 Å². The van der Waals surface area contributed by atoms with Gasteiger partial charge in [0.15, 0.2) is 0 Å². The van der Waals surface area contributed by atoms with E-state index in [0.717, 1.165) is 17.5 Å². The van der Waals surface area contributed by atoms with Crippen LogP contribution in [0, 0.1) is 0 Å². The first-order chi connectivity index (χ1) is 9.08. The van der Waals surface area contributed by atoms with Crippen LogP contribution in [-0.4, -0.2) is 4.75 Å². The molecule has 5 heteroatoms. The van der Waals surface area contributed by atoms with E-state index in [2.05, 4.69) is 25.5 Å². The lowest BCUT2D eigenvalue weighted by Crippen LogP contribution is -2.20. The third-order valence-corrected chi connectivity index (χ3v) is 4.43. The number of rotatable bonds is 2. The minimum Gasteiger partial charge on any atom is -0.256 e. The second-order valence-electron chi connectivity index (χ2n) is 6.36. The Morgan fingerprint density at radius 2 is 1.80 bits per heavy atom. The van der Waals surface area contributed by atoms with Crippen LogP contribution in [0.25, 0.3) is 0 Å². The first kappa shape index (κ1) is 15.7. The van der Waals surface area contributed by atoms with Crippen molar-refractivity contribution in [1.82, 2.24) is 4.72 Å². The molecule has 0 heterocycles. The topological polar surface area (TPSA) is 12.0 Å². The lowest BCUT2D eigenvalue weighted by atomic mass is 10.0. The molecule has 0 bridgehead atoms. The number of alkyl halides is 3. The zero-order valence-corrected chi connectivity index (χ0v) is 13.0. The summed E-state index contributed by atoms with van der Waals surface area (Å²) in [7, 11) is 0. The van der Waals surface area contributed by atoms with Crippen LogP contribution < -0.4 is 4.72 Å². The zero-order chi connectivity index (χ0) is 15.1. The maximum atomic E-state index is 12.8. The van der Waals surface area contributed by atoms with Crippen molar-refractivity contribution in [2.45, 2.75) is 57.0 Å². The van der Waals surface area contributed by atoms with Gasteiger partial charge in [-0.25, -0.2) is 0 Å². The van der Waals surface area contributed by atoms with Gasteiger partial charge >= 0.3 is 6.18 Å². The van der Waals surface area contributed by atoms with Gasteiger partial charge in [0.05, 0.1) is 5.56 Å². The SMILES string of the molecule is CC1CC(NSC(C)(C)C)c2ccc(C(F)(F)F)cc21. The van der Waals surface area contributed by atoms with Gasteiger partial charge in [-0.15, -0.1) is 0 Å². The van der Waals surface area contributed by atoms with E-state index < -0.39 is 11.7 Å². The summed E-state index contributed by atoms with van der Waals surface area (Å²) in [5, 5.41) is 0. The highest BCUT2D eigenvalue weighted by molar-refractivity contribution is 7.98. The molecular formula is C15H20F3NS. The molecule has 2 rings (SSSR count). The smallest absolute Gasteiger partial charge is 0.256 e. The number of hydrogen-bond donors (Lipinski definition) is 1. The molecule has 0 aliphatic heterocycles. The summed E-state index contributed by atoms with van der Waals surface area (Å²) < 4.78 is 41.8. The number of hydrogen-bond acceptors (Lipinski definition) is 2. The summed E-state index contributed by atoms with van der Waals surface area (Å²) in [6, 6.07) is 4.26. The van der Waals surface area contributed by atoms with Crippen LogP contribution in [0.15, 0.2) is 18.2 Å². The Labute approximate surface area is 122 Å². The van der Waals surface area contributed by atoms with Gasteiger partial charge in [-0.1, -0.05) is 24.9 Å². The van der Waals surface area contributed by atoms with Gasteiger partial charge in [0, 0.05) is 10.8 Å². The number of nitrogens with one attached hydrogen (secondary N) is 1. The van der Waals surface area contributed by atoms with Crippen LogP contribution >= 0.6 is 11.9 Å². The highest BCUT2D eigenvalue weighted by Crippen LogP contribution is 2.44. The van der Waals surface area contributed by atoms with E-state index in [1.54, 1.807) is 18.0 Å². The van der Waals surface area contributed by atoms with E-state index in [1.807, 2.05) is 6.92 Å². The summed E-state index contributed by atoms with van der Waals surface area (Å²) >= 11 is 1.63. The molecule has 0 spiro atoms. The summed E-state index contributed by atoms with van der Waals surface area (Å²) in [4.78, 5) is 0. The van der Waals surface area contributed by atoms with Gasteiger partial charge in [-0.2, -0.15) is 13.2 Å². The molecule has 1 aliphatic carbocycles. The van der Waals surface area contributed by atoms with E-state index in [-0.39, 0.29) is 16.7 Å². The molecule has 2 unspecified atom stereocenters. The fourth-order valence-corrected chi connectivity index (χ4v) is 3.18. The fraction of sp³-hybridized carbons (Fsp3) is 0.600. The van der Waals surface area contributed by atoms with Gasteiger partial charge in [-0.3, -0.25) is 4.72 Å². The Morgan fingerprint density at radius 3 is 2.35 bits per heavy atom. The zero-order valence-electron chi connectivity index (χ0n) is 12.1. The first-order valence-electron chi connectivity index (χ1n) is 6.72. The van der Waals surface area contributed by atoms with Crippen molar-refractivity contribution < 1.29 is 13.2 Å². The standard InChI is InChI=1S/C15H20F3NS/c1-9-7-13(19-20-14(2,3)4)11-6-5-10(8-12(9)11)15(16,17)18/h5-6,8-9,13,19H,7H2,1-4H3. The van der Waals surface area contributed by atoms with Crippen molar-refractivity contribution >= 4 is 11.9 Å². The molecular weight excluding hydrogens is 283 g/mol. The molecule has 20 heavy (non-hydrogen) atoms. The van der Waals surface area contributed by atoms with Crippen molar-refractivity contribution in [3.63, 3.8) is 0 Å². The van der Waals surface area contributed by atoms with Crippen LogP contribution in [0.1, 0.15) is 62.8 Å². The Bertz CT molecular complexity index is 491. The fourth-order valence-electron chi connectivity index (χ4n) is 2.46. The van der Waals surface area contributed by atoms with Gasteiger partial charge in [0.25, 0.3) is 0 Å². The van der Waals surface area contributed by atoms with E-state index in [1.165, 1.54) is 12.1 Å². The quantitative estimate of drug-likeness (QED) is 0.745. The highest BCUT2D eigenvalue weighted by Gasteiger charge is 2.35. The average molecular weight is 303 g/mol. The summed E-state index contributed by atoms with van der Waals surface area (Å²) in [6.07, 6.45) is -3.42. The molecule has 0 radical (unpaired) electrons. The monoisotopic (exact) mass is 303 g/mol. The lowest BCUT2D eigenvalue weighted by Gasteiger charge is -2.22. The van der Waals surface area contributed by atoms with Crippen molar-refractivity contribution in [3.05, 3.63) is 34.9 Å². The maximum Gasteiger partial charge on any atom is 0.416 e. The third-order valence-electron chi connectivity index (χ3n) is 3.42. The minimum absolute atomic E-state index is 0.0813. The predicted molar refractivity (Wildman–Crippen MR) is 77.7 cm³/mol. The Balaban J connectivity index is 2.22. The summed E-state index contributed by atoms with van der Waals surface area (Å²) in [5.41, 5.74) is 1.28. The molecule has 2 atom stereocenters. The Kier molecular flexibility index (Phi) is 4.13. The molecule has 0 saturated heterocycles. The molecule has 1 aliphatic rings. The number of benzene rings is 1. The maximum absolute atomic E-state index is 12.8. The van der Waals surface area contributed by atoms with Crippen LogP contribution in [-0.2, 0) is 6.18 Å². The third kappa shape index (κ3) is 3.50. The van der Waals surface area contributed by atoms with Crippen molar-refractivity contribution in [3.8, 4) is 0 Å². The van der Waals surface area contributed by atoms with E-state index >= 15 is 0 Å². The van der Waals surface area contributed by atoms with Crippen molar-refractivity contribution in [2.24, 2.45) is 0 Å². The van der Waals surface area contributed by atoms with Crippen molar-refractivity contribution in [1.29, 1.82) is 0 Å². The van der Waals surface area contributed by atoms with Gasteiger partial charge in [0.1, 0.15) is 0 Å². The average Bonchev–Trinajstić information content (AvgIpc) is 2.61. The molecule has 0 fully saturated rings. The van der Waals surface area contributed by atoms with E-state index in [0.29, 0.717) is 0 Å². The second-order valence-corrected chi connectivity index (χ2v) is 8.03. The molecule has 1 N–H and O–H groups in total. The molecule has 1 aromatic rings. The largest absolute Gasteiger partial charge is 0.416 e. The number of halogens is 3. The minimum atomic E-state index is -4.26.